The highest BCUT2D eigenvalue weighted by Crippen LogP contribution is 2.32. The van der Waals surface area contributed by atoms with E-state index in [9.17, 15) is 9.59 Å². The van der Waals surface area contributed by atoms with E-state index in [-0.39, 0.29) is 37.0 Å². The Kier molecular flexibility index (Phi) is 5.87. The highest BCUT2D eigenvalue weighted by Gasteiger charge is 2.15. The van der Waals surface area contributed by atoms with Crippen LogP contribution in [0.15, 0.2) is 42.5 Å². The summed E-state index contributed by atoms with van der Waals surface area (Å²) in [5, 5.41) is 5.63. The molecule has 0 fully saturated rings. The summed E-state index contributed by atoms with van der Waals surface area (Å²) in [6.45, 7) is 7.30. The van der Waals surface area contributed by atoms with Gasteiger partial charge in [-0.1, -0.05) is 39.0 Å². The Labute approximate surface area is 165 Å². The van der Waals surface area contributed by atoms with Crippen LogP contribution in [0.4, 0.5) is 0 Å². The maximum Gasteiger partial charge on any atom is 0.251 e. The van der Waals surface area contributed by atoms with Crippen LogP contribution in [0, 0.1) is 0 Å². The SMILES string of the molecule is CC(C)(C)c1ccc(C(=O)NCCC(=O)NCc2ccc3c(c2)OCO3)cc1. The van der Waals surface area contributed by atoms with E-state index in [4.69, 9.17) is 9.47 Å². The van der Waals surface area contributed by atoms with Gasteiger partial charge in [-0.25, -0.2) is 0 Å². The van der Waals surface area contributed by atoms with Crippen LogP contribution < -0.4 is 20.1 Å². The summed E-state index contributed by atoms with van der Waals surface area (Å²) in [6.07, 6.45) is 0.219. The molecule has 0 spiro atoms. The van der Waals surface area contributed by atoms with Crippen molar-refractivity contribution in [3.8, 4) is 11.5 Å². The molecule has 6 heteroatoms. The fraction of sp³-hybridized carbons (Fsp3) is 0.364. The monoisotopic (exact) mass is 382 g/mol. The normalized spacial score (nSPS) is 12.5. The molecule has 0 aliphatic carbocycles. The topological polar surface area (TPSA) is 76.7 Å². The van der Waals surface area contributed by atoms with Gasteiger partial charge in [0, 0.05) is 25.1 Å². The molecule has 3 rings (SSSR count). The molecule has 0 saturated carbocycles. The van der Waals surface area contributed by atoms with Crippen LogP contribution in [0.2, 0.25) is 0 Å². The smallest absolute Gasteiger partial charge is 0.251 e. The summed E-state index contributed by atoms with van der Waals surface area (Å²) < 4.78 is 10.6. The first kappa shape index (κ1) is 19.7. The first-order chi connectivity index (χ1) is 13.3. The molecule has 28 heavy (non-hydrogen) atoms. The van der Waals surface area contributed by atoms with E-state index in [0.29, 0.717) is 23.6 Å². The summed E-state index contributed by atoms with van der Waals surface area (Å²) in [5.41, 5.74) is 2.74. The van der Waals surface area contributed by atoms with Gasteiger partial charge in [0.2, 0.25) is 12.7 Å². The van der Waals surface area contributed by atoms with Crippen LogP contribution in [0.3, 0.4) is 0 Å². The zero-order valence-corrected chi connectivity index (χ0v) is 16.5. The molecule has 0 radical (unpaired) electrons. The van der Waals surface area contributed by atoms with E-state index >= 15 is 0 Å². The van der Waals surface area contributed by atoms with Crippen molar-refractivity contribution in [2.24, 2.45) is 0 Å². The molecule has 2 N–H and O–H groups in total. The van der Waals surface area contributed by atoms with Crippen molar-refractivity contribution in [1.82, 2.24) is 10.6 Å². The highest BCUT2D eigenvalue weighted by molar-refractivity contribution is 5.94. The van der Waals surface area contributed by atoms with E-state index < -0.39 is 0 Å². The van der Waals surface area contributed by atoms with Crippen molar-refractivity contribution in [3.05, 3.63) is 59.2 Å². The summed E-state index contributed by atoms with van der Waals surface area (Å²) >= 11 is 0. The second-order valence-electron chi connectivity index (χ2n) is 7.80. The Morgan fingerprint density at radius 3 is 2.39 bits per heavy atom. The molecule has 6 nitrogen and oxygen atoms in total. The van der Waals surface area contributed by atoms with Gasteiger partial charge in [-0.05, 0) is 40.8 Å². The average Bonchev–Trinajstić information content (AvgIpc) is 3.13. The molecular formula is C22H26N2O4. The molecule has 2 amide bonds. The van der Waals surface area contributed by atoms with Crippen molar-refractivity contribution in [3.63, 3.8) is 0 Å². The zero-order valence-electron chi connectivity index (χ0n) is 16.5. The molecular weight excluding hydrogens is 356 g/mol. The van der Waals surface area contributed by atoms with Crippen LogP contribution in [-0.2, 0) is 16.8 Å². The van der Waals surface area contributed by atoms with Crippen LogP contribution in [0.25, 0.3) is 0 Å². The van der Waals surface area contributed by atoms with Gasteiger partial charge >= 0.3 is 0 Å². The number of carbonyl (C=O) groups excluding carboxylic acids is 2. The Morgan fingerprint density at radius 2 is 1.68 bits per heavy atom. The third-order valence-electron chi connectivity index (χ3n) is 4.58. The maximum absolute atomic E-state index is 12.2. The van der Waals surface area contributed by atoms with Crippen molar-refractivity contribution >= 4 is 11.8 Å². The van der Waals surface area contributed by atoms with Crippen LogP contribution in [0.5, 0.6) is 11.5 Å². The molecule has 0 atom stereocenters. The van der Waals surface area contributed by atoms with Gasteiger partial charge < -0.3 is 20.1 Å². The Hall–Kier alpha value is -3.02. The maximum atomic E-state index is 12.2. The first-order valence-electron chi connectivity index (χ1n) is 9.37. The van der Waals surface area contributed by atoms with Crippen LogP contribution in [0.1, 0.15) is 48.7 Å². The number of nitrogens with one attached hydrogen (secondary N) is 2. The number of ether oxygens (including phenoxy) is 2. The Bertz CT molecular complexity index is 854. The second-order valence-corrected chi connectivity index (χ2v) is 7.80. The number of fused-ring (bicyclic) bond motifs is 1. The van der Waals surface area contributed by atoms with Gasteiger partial charge in [0.15, 0.2) is 11.5 Å². The molecule has 0 bridgehead atoms. The standard InChI is InChI=1S/C22H26N2O4/c1-22(2,3)17-7-5-16(6-8-17)21(26)23-11-10-20(25)24-13-15-4-9-18-19(12-15)28-14-27-18/h4-9,12H,10-11,13-14H2,1-3H3,(H,23,26)(H,24,25). The predicted molar refractivity (Wildman–Crippen MR) is 107 cm³/mol. The molecule has 1 aliphatic rings. The minimum absolute atomic E-state index is 0.0467. The molecule has 0 unspecified atom stereocenters. The summed E-state index contributed by atoms with van der Waals surface area (Å²) in [7, 11) is 0. The number of amides is 2. The first-order valence-corrected chi connectivity index (χ1v) is 9.37. The van der Waals surface area contributed by atoms with E-state index in [1.165, 1.54) is 5.56 Å². The molecule has 1 aliphatic heterocycles. The summed E-state index contributed by atoms with van der Waals surface area (Å²) in [5.74, 6) is 1.11. The minimum Gasteiger partial charge on any atom is -0.454 e. The van der Waals surface area contributed by atoms with Crippen molar-refractivity contribution in [1.29, 1.82) is 0 Å². The molecule has 0 aromatic heterocycles. The zero-order chi connectivity index (χ0) is 20.1. The van der Waals surface area contributed by atoms with E-state index in [1.54, 1.807) is 0 Å². The molecule has 0 saturated heterocycles. The van der Waals surface area contributed by atoms with Gasteiger partial charge in [0.05, 0.1) is 0 Å². The lowest BCUT2D eigenvalue weighted by atomic mass is 9.87. The minimum atomic E-state index is -0.177. The highest BCUT2D eigenvalue weighted by atomic mass is 16.7. The second kappa shape index (κ2) is 8.33. The fourth-order valence-electron chi connectivity index (χ4n) is 2.85. The summed E-state index contributed by atoms with van der Waals surface area (Å²) in [4.78, 5) is 24.2. The number of hydrogen-bond donors (Lipinski definition) is 2. The van der Waals surface area contributed by atoms with Crippen molar-refractivity contribution < 1.29 is 19.1 Å². The van der Waals surface area contributed by atoms with Crippen LogP contribution in [-0.4, -0.2) is 25.2 Å². The summed E-state index contributed by atoms with van der Waals surface area (Å²) in [6, 6.07) is 13.1. The van der Waals surface area contributed by atoms with E-state index in [1.807, 2.05) is 42.5 Å². The lowest BCUT2D eigenvalue weighted by molar-refractivity contribution is -0.121. The lowest BCUT2D eigenvalue weighted by Gasteiger charge is -2.19. The van der Waals surface area contributed by atoms with E-state index in [0.717, 1.165) is 5.56 Å². The number of hydrogen-bond acceptors (Lipinski definition) is 4. The van der Waals surface area contributed by atoms with Gasteiger partial charge in [-0.2, -0.15) is 0 Å². The van der Waals surface area contributed by atoms with Crippen molar-refractivity contribution in [2.75, 3.05) is 13.3 Å². The molecule has 148 valence electrons. The fourth-order valence-corrected chi connectivity index (χ4v) is 2.85. The number of benzene rings is 2. The van der Waals surface area contributed by atoms with Gasteiger partial charge in [0.25, 0.3) is 5.91 Å². The van der Waals surface area contributed by atoms with Gasteiger partial charge in [-0.3, -0.25) is 9.59 Å². The number of carbonyl (C=O) groups is 2. The average molecular weight is 382 g/mol. The number of rotatable bonds is 6. The van der Waals surface area contributed by atoms with E-state index in [2.05, 4.69) is 31.4 Å². The molecule has 1 heterocycles. The third kappa shape index (κ3) is 5.03. The quantitative estimate of drug-likeness (QED) is 0.805. The molecule has 2 aromatic carbocycles. The molecule has 2 aromatic rings. The Balaban J connectivity index is 1.40. The predicted octanol–water partition coefficient (Wildman–Crippen LogP) is 3.15. The van der Waals surface area contributed by atoms with Gasteiger partial charge in [-0.15, -0.1) is 0 Å². The Morgan fingerprint density at radius 1 is 0.964 bits per heavy atom. The van der Waals surface area contributed by atoms with Crippen molar-refractivity contribution in [2.45, 2.75) is 39.2 Å². The lowest BCUT2D eigenvalue weighted by Crippen LogP contribution is -2.30. The largest absolute Gasteiger partial charge is 0.454 e. The third-order valence-corrected chi connectivity index (χ3v) is 4.58. The van der Waals surface area contributed by atoms with Crippen LogP contribution >= 0.6 is 0 Å². The van der Waals surface area contributed by atoms with Gasteiger partial charge in [0.1, 0.15) is 0 Å².